The zero-order valence-corrected chi connectivity index (χ0v) is 47.2. The van der Waals surface area contributed by atoms with Gasteiger partial charge in [-0.3, -0.25) is 24.3 Å². The summed E-state index contributed by atoms with van der Waals surface area (Å²) in [6.45, 7) is 10.8. The number of ether oxygens (including phenoxy) is 3. The lowest BCUT2D eigenvalue weighted by Gasteiger charge is -2.31. The van der Waals surface area contributed by atoms with Gasteiger partial charge in [0.25, 0.3) is 5.91 Å². The Balaban J connectivity index is 0.000000330. The highest BCUT2D eigenvalue weighted by Crippen LogP contribution is 2.37. The number of carboxylic acid groups (broad SMARTS) is 1. The first kappa shape index (κ1) is 64.4. The van der Waals surface area contributed by atoms with Crippen LogP contribution in [0.3, 0.4) is 0 Å². The molecule has 2 amide bonds. The van der Waals surface area contributed by atoms with E-state index in [0.717, 1.165) is 48.3 Å². The second-order valence-corrected chi connectivity index (χ2v) is 23.0. The van der Waals surface area contributed by atoms with Crippen LogP contribution in [-0.4, -0.2) is 128 Å². The van der Waals surface area contributed by atoms with Crippen LogP contribution < -0.4 is 25.5 Å². The molecule has 0 saturated carbocycles. The van der Waals surface area contributed by atoms with E-state index in [4.69, 9.17) is 93.1 Å². The van der Waals surface area contributed by atoms with Crippen LogP contribution in [0.5, 0.6) is 5.75 Å². The quantitative estimate of drug-likeness (QED) is 0.0462. The number of methoxy groups -OCH3 is 1. The summed E-state index contributed by atoms with van der Waals surface area (Å²) >= 11 is 29.3. The number of amides is 2. The van der Waals surface area contributed by atoms with E-state index in [1.165, 1.54) is 15.6 Å². The minimum absolute atomic E-state index is 0.0223. The summed E-state index contributed by atoms with van der Waals surface area (Å²) in [5, 5.41) is 15.0. The maximum Gasteiger partial charge on any atom is 0.350 e. The first-order chi connectivity index (χ1) is 33.7. The topological polar surface area (TPSA) is 231 Å². The Labute approximate surface area is 449 Å². The Morgan fingerprint density at radius 2 is 1.81 bits per heavy atom. The van der Waals surface area contributed by atoms with Crippen molar-refractivity contribution in [3.8, 4) is 23.8 Å². The number of fused-ring (bicyclic) bond motifs is 1. The number of carbonyl (C=O) groups excluding carboxylic acids is 2. The molecule has 3 N–H and O–H groups in total. The van der Waals surface area contributed by atoms with Crippen LogP contribution in [0.2, 0.25) is 10.0 Å². The molecule has 2 aliphatic rings. The number of carboxylic acids is 1. The van der Waals surface area contributed by atoms with Crippen molar-refractivity contribution in [1.82, 2.24) is 24.6 Å². The molecule has 0 bridgehead atoms. The van der Waals surface area contributed by atoms with E-state index < -0.39 is 37.0 Å². The van der Waals surface area contributed by atoms with Gasteiger partial charge in [0.05, 0.1) is 78.5 Å². The number of alkyl halides is 3. The monoisotopic (exact) mass is 1140 g/mol. The smallest absolute Gasteiger partial charge is 0.350 e. The molecular formula is C47H64Cl5N6O12PS. The molecular weight excluding hydrogens is 1080 g/mol. The number of aryl methyl sites for hydroxylation is 3. The third kappa shape index (κ3) is 20.5. The number of terminal acetylenes is 1. The molecule has 6 rings (SSSR count). The van der Waals surface area contributed by atoms with Gasteiger partial charge >= 0.3 is 11.7 Å². The fourth-order valence-electron chi connectivity index (χ4n) is 7.02. The molecule has 1 saturated heterocycles. The van der Waals surface area contributed by atoms with Crippen LogP contribution in [0.25, 0.3) is 5.69 Å². The van der Waals surface area contributed by atoms with Crippen molar-refractivity contribution < 1.29 is 52.5 Å². The summed E-state index contributed by atoms with van der Waals surface area (Å²) in [4.78, 5) is 66.5. The van der Waals surface area contributed by atoms with Crippen molar-refractivity contribution in [2.24, 2.45) is 0 Å². The number of nitrogens with zero attached hydrogens (tertiary/aromatic N) is 5. The number of hydrogen-bond donors (Lipinski definition) is 3. The van der Waals surface area contributed by atoms with E-state index in [2.05, 4.69) is 42.8 Å². The van der Waals surface area contributed by atoms with Gasteiger partial charge in [-0.05, 0) is 87.2 Å². The van der Waals surface area contributed by atoms with E-state index in [1.54, 1.807) is 48.8 Å². The number of hydrogen-bond acceptors (Lipinski definition) is 12. The van der Waals surface area contributed by atoms with Crippen LogP contribution in [0.15, 0.2) is 57.9 Å². The van der Waals surface area contributed by atoms with Crippen molar-refractivity contribution in [3.63, 3.8) is 0 Å². The maximum atomic E-state index is 12.5. The summed E-state index contributed by atoms with van der Waals surface area (Å²) in [5.41, 5.74) is 2.70. The normalized spacial score (nSPS) is 15.6. The van der Waals surface area contributed by atoms with Crippen molar-refractivity contribution >= 4 is 100.0 Å². The highest BCUT2D eigenvalue weighted by Gasteiger charge is 2.45. The molecule has 0 radical (unpaired) electrons. The van der Waals surface area contributed by atoms with E-state index in [9.17, 15) is 28.6 Å². The Kier molecular flexibility index (Phi) is 27.9. The lowest BCUT2D eigenvalue weighted by molar-refractivity contribution is -0.193. The van der Waals surface area contributed by atoms with E-state index >= 15 is 0 Å². The molecule has 4 aromatic rings. The fourth-order valence-corrected chi connectivity index (χ4v) is 8.30. The van der Waals surface area contributed by atoms with Gasteiger partial charge < -0.3 is 47.9 Å². The van der Waals surface area contributed by atoms with Crippen molar-refractivity contribution in [2.45, 2.75) is 89.6 Å². The Morgan fingerprint density at radius 3 is 2.33 bits per heavy atom. The van der Waals surface area contributed by atoms with Crippen LogP contribution in [-0.2, 0) is 58.7 Å². The second kappa shape index (κ2) is 31.2. The number of furan rings is 1. The van der Waals surface area contributed by atoms with Gasteiger partial charge in [0.1, 0.15) is 49.2 Å². The van der Waals surface area contributed by atoms with Crippen molar-refractivity contribution in [2.75, 3.05) is 69.2 Å². The Bertz CT molecular complexity index is 2510. The highest BCUT2D eigenvalue weighted by molar-refractivity contribution is 7.94. The van der Waals surface area contributed by atoms with Crippen LogP contribution in [0.4, 0.5) is 5.69 Å². The lowest BCUT2D eigenvalue weighted by atomic mass is 10.0. The average molecular weight is 1150 g/mol. The lowest BCUT2D eigenvalue weighted by Crippen LogP contribution is -2.45. The first-order valence-electron chi connectivity index (χ1n) is 22.2. The summed E-state index contributed by atoms with van der Waals surface area (Å²) in [5.74, 6) is 2.56. The Hall–Kier alpha value is -3.74. The molecule has 3 atom stereocenters. The molecule has 400 valence electrons. The minimum Gasteiger partial charge on any atom is -0.778 e. The molecule has 1 fully saturated rings. The number of benzene rings is 2. The van der Waals surface area contributed by atoms with E-state index in [1.807, 2.05) is 37.4 Å². The number of carbonyl (C=O) groups is 3. The number of aromatic nitrogens is 3. The number of rotatable bonds is 15. The Morgan fingerprint density at radius 1 is 1.14 bits per heavy atom. The highest BCUT2D eigenvalue weighted by atomic mass is 35.5. The zero-order valence-electron chi connectivity index (χ0n) is 41.7. The van der Waals surface area contributed by atoms with Crippen molar-refractivity contribution in [1.29, 1.82) is 0 Å². The SMILES string of the molecule is C#CCOc1cc(-n2nc3n(c2=O)CCCC3)c(Cl)cc1Cl.CC1(C)OC(c2ccco2)CN1C(=O)C(Cl)Cl.CCc1cccc(C)c1N(C(=O)CCl)C(C)COC.C[S+](C)C.O=C(O)CNCP(=O)([O-])O. The summed E-state index contributed by atoms with van der Waals surface area (Å²) in [6, 6.07) is 12.7. The van der Waals surface area contributed by atoms with Gasteiger partial charge in [-0.15, -0.1) is 23.1 Å². The van der Waals surface area contributed by atoms with Crippen LogP contribution >= 0.6 is 65.6 Å². The molecule has 0 aliphatic carbocycles. The molecule has 2 aromatic heterocycles. The van der Waals surface area contributed by atoms with E-state index in [0.29, 0.717) is 57.8 Å². The fraction of sp³-hybridized carbons (Fsp3) is 0.511. The van der Waals surface area contributed by atoms with Crippen molar-refractivity contribution in [3.05, 3.63) is 92.0 Å². The van der Waals surface area contributed by atoms with Gasteiger partial charge in [0.15, 0.2) is 4.84 Å². The second-order valence-electron chi connectivity index (χ2n) is 16.7. The number of halogens is 5. The summed E-state index contributed by atoms with van der Waals surface area (Å²) < 4.78 is 34.5. The zero-order chi connectivity index (χ0) is 54.5. The molecule has 0 spiro atoms. The number of nitrogens with one attached hydrogen (secondary N) is 1. The molecule has 4 heterocycles. The standard InChI is InChI=1S/C15H13Cl2N3O2.C15H22ClNO2.C11H13Cl2NO3.C3H8NO5P.C3H9S/c1-2-7-22-13-9-12(10(16)8-11(13)17)20-15(21)19-6-4-3-5-14(19)18-20;1-5-13-8-6-7-11(2)15(13)17(14(18)9-16)12(3)10-19-4;1-11(2)14(10(15)9(12)13)6-8(17-11)7-4-3-5-16-7;5-3(6)1-4-2-10(7,8)9;1-4(2)3/h1,8-9H,3-7H2;6-8,12H,5,9-10H2,1-4H3;3-5,8-9H,6H2,1-2H3;4H,1-2H2,(H,5,6)(H2,7,8,9);1-3H3/q;;;;+1/p-1. The van der Waals surface area contributed by atoms with Gasteiger partial charge in [-0.2, -0.15) is 4.68 Å². The third-order valence-electron chi connectivity index (χ3n) is 10.0. The van der Waals surface area contributed by atoms with Crippen LogP contribution in [0, 0.1) is 19.3 Å². The average Bonchev–Trinajstić information content (AvgIpc) is 4.04. The molecule has 25 heteroatoms. The number of anilines is 1. The largest absolute Gasteiger partial charge is 0.778 e. The number of aliphatic carboxylic acids is 1. The summed E-state index contributed by atoms with van der Waals surface area (Å²) in [6.07, 6.45) is 16.0. The predicted octanol–water partition coefficient (Wildman–Crippen LogP) is 7.23. The predicted molar refractivity (Wildman–Crippen MR) is 284 cm³/mol. The third-order valence-corrected chi connectivity index (χ3v) is 11.8. The van der Waals surface area contributed by atoms with Gasteiger partial charge in [0.2, 0.25) is 5.91 Å². The molecule has 2 aliphatic heterocycles. The summed E-state index contributed by atoms with van der Waals surface area (Å²) in [7, 11) is -2.07. The molecule has 72 heavy (non-hydrogen) atoms. The number of para-hydroxylation sites is 1. The van der Waals surface area contributed by atoms with Gasteiger partial charge in [0, 0.05) is 26.1 Å². The molecule has 3 unspecified atom stereocenters. The van der Waals surface area contributed by atoms with Gasteiger partial charge in [-0.1, -0.05) is 77.4 Å². The van der Waals surface area contributed by atoms with Crippen LogP contribution in [0.1, 0.15) is 69.4 Å². The maximum absolute atomic E-state index is 12.5. The van der Waals surface area contributed by atoms with Gasteiger partial charge in [-0.25, -0.2) is 4.79 Å². The minimum atomic E-state index is -4.35. The molecule has 18 nitrogen and oxygen atoms in total. The molecule has 2 aromatic carbocycles. The van der Waals surface area contributed by atoms with E-state index in [-0.39, 0.29) is 42.1 Å². The first-order valence-corrected chi connectivity index (χ1v) is 28.6.